The Morgan fingerprint density at radius 2 is 0.789 bits per heavy atom. The van der Waals surface area contributed by atoms with Crippen molar-refractivity contribution in [2.75, 3.05) is 34.8 Å². The van der Waals surface area contributed by atoms with Gasteiger partial charge in [0.2, 0.25) is 0 Å². The van der Waals surface area contributed by atoms with Crippen LogP contribution in [-0.4, -0.2) is 115 Å². The first-order valence-electron chi connectivity index (χ1n) is 39.4. The highest BCUT2D eigenvalue weighted by atomic mass is 19.4. The lowest BCUT2D eigenvalue weighted by Gasteiger charge is -2.48. The van der Waals surface area contributed by atoms with Crippen molar-refractivity contribution in [3.8, 4) is 33.4 Å². The molecule has 3 saturated heterocycles. The molecule has 21 atom stereocenters. The van der Waals surface area contributed by atoms with Gasteiger partial charge in [0.15, 0.2) is 0 Å². The number of nitrogens with one attached hydrogen (secondary N) is 2. The third-order valence-corrected chi connectivity index (χ3v) is 25.7. The number of amides is 1. The second-order valence-corrected chi connectivity index (χ2v) is 31.8. The van der Waals surface area contributed by atoms with Crippen molar-refractivity contribution in [3.05, 3.63) is 180 Å². The number of alkyl halides is 9. The lowest BCUT2D eigenvalue weighted by Crippen LogP contribution is -2.48. The number of hydrogen-bond acceptors (Lipinski definition) is 14. The molecule has 616 valence electrons. The molecule has 3 aromatic heterocycles. The normalized spacial score (nSPS) is 30.7. The van der Waals surface area contributed by atoms with Crippen molar-refractivity contribution in [1.82, 2.24) is 30.5 Å². The van der Waals surface area contributed by atoms with Gasteiger partial charge in [0.1, 0.15) is 18.3 Å². The summed E-state index contributed by atoms with van der Waals surface area (Å²) in [6, 6.07) is 27.7. The van der Waals surface area contributed by atoms with Crippen LogP contribution in [0, 0.1) is 88.8 Å². The fourth-order valence-corrected chi connectivity index (χ4v) is 20.4. The minimum absolute atomic E-state index is 0. The maximum atomic E-state index is 13.1. The van der Waals surface area contributed by atoms with Gasteiger partial charge in [-0.3, -0.25) is 29.3 Å². The predicted molar refractivity (Wildman–Crippen MR) is 423 cm³/mol. The molecular formula is C90H110F9N7O8. The molecule has 3 aromatic carbocycles. The van der Waals surface area contributed by atoms with Crippen LogP contribution in [0.25, 0.3) is 51.6 Å². The van der Waals surface area contributed by atoms with E-state index in [1.165, 1.54) is 25.2 Å². The van der Waals surface area contributed by atoms with E-state index in [0.717, 1.165) is 125 Å². The van der Waals surface area contributed by atoms with Gasteiger partial charge in [0.05, 0.1) is 58.1 Å². The summed E-state index contributed by atoms with van der Waals surface area (Å²) in [5, 5.41) is 6.83. The van der Waals surface area contributed by atoms with E-state index in [1.54, 1.807) is 79.9 Å². The van der Waals surface area contributed by atoms with Crippen molar-refractivity contribution in [2.24, 2.45) is 94.5 Å². The molecule has 15 nitrogen and oxygen atoms in total. The molecule has 6 heterocycles. The number of nitrogens with two attached hydrogens (primary N) is 1. The fraction of sp³-hybridized carbons (Fsp3) is 0.522. The molecule has 9 fully saturated rings. The van der Waals surface area contributed by atoms with Crippen LogP contribution in [0.3, 0.4) is 0 Å². The Hall–Kier alpha value is -8.74. The summed E-state index contributed by atoms with van der Waals surface area (Å²) in [5.41, 5.74) is 7.97. The number of esters is 3. The van der Waals surface area contributed by atoms with Crippen LogP contribution in [0.4, 0.5) is 44.3 Å². The second-order valence-electron chi connectivity index (χ2n) is 31.8. The molecule has 0 unspecified atom stereocenters. The first-order valence-corrected chi connectivity index (χ1v) is 39.4. The number of nitrogens with zero attached hydrogens (tertiary/aromatic N) is 4. The zero-order chi connectivity index (χ0) is 80.1. The number of allylic oxidation sites excluding steroid dienone is 3. The Balaban J connectivity index is 0.000000178. The first-order chi connectivity index (χ1) is 53.5. The van der Waals surface area contributed by atoms with E-state index in [1.807, 2.05) is 65.2 Å². The first kappa shape index (κ1) is 87.6. The summed E-state index contributed by atoms with van der Waals surface area (Å²) in [6.07, 6.45) is 15.4. The van der Waals surface area contributed by atoms with E-state index in [9.17, 15) is 58.7 Å². The van der Waals surface area contributed by atoms with Gasteiger partial charge in [-0.15, -0.1) is 0 Å². The highest BCUT2D eigenvalue weighted by Crippen LogP contribution is 2.57. The summed E-state index contributed by atoms with van der Waals surface area (Å²) in [5.74, 6) is 3.13. The maximum absolute atomic E-state index is 13.1. The number of cyclic esters (lactones) is 3. The molecule has 114 heavy (non-hydrogen) atoms. The van der Waals surface area contributed by atoms with E-state index in [-0.39, 0.29) is 122 Å². The third kappa shape index (κ3) is 19.7. The minimum atomic E-state index is -4.41. The molecule has 6 saturated carbocycles. The number of carbonyl (C=O) groups is 4. The Kier molecular flexibility index (Phi) is 28.8. The van der Waals surface area contributed by atoms with Gasteiger partial charge in [-0.25, -0.2) is 4.79 Å². The number of pyridine rings is 3. The van der Waals surface area contributed by atoms with Gasteiger partial charge < -0.3 is 40.2 Å². The molecule has 0 bridgehead atoms. The Morgan fingerprint density at radius 3 is 1.08 bits per heavy atom. The van der Waals surface area contributed by atoms with Crippen LogP contribution in [0.15, 0.2) is 146 Å². The van der Waals surface area contributed by atoms with E-state index in [2.05, 4.69) is 49.5 Å². The number of carbonyl (C=O) groups excluding carboxylic acids is 4. The Morgan fingerprint density at radius 1 is 0.474 bits per heavy atom. The average Bonchev–Trinajstić information content (AvgIpc) is 1.58. The Labute approximate surface area is 664 Å². The summed E-state index contributed by atoms with van der Waals surface area (Å²) >= 11 is 0. The van der Waals surface area contributed by atoms with Crippen molar-refractivity contribution in [3.63, 3.8) is 0 Å². The predicted octanol–water partition coefficient (Wildman–Crippen LogP) is 19.7. The number of rotatable bonds is 13. The lowest BCUT2D eigenvalue weighted by atomic mass is 9.56. The molecular weight excluding hydrogens is 1480 g/mol. The van der Waals surface area contributed by atoms with Gasteiger partial charge >= 0.3 is 42.5 Å². The Bertz CT molecular complexity index is 4150. The minimum Gasteiger partial charge on any atom is -0.462 e. The SMILES string of the molecule is C.C.CCOC(=O)N(C)[C@@H]1CC[C@@H]2[C@@H](C1)C[C@H]1C(=O)O[C@H](C)[C@H]1[C@H]2/C=C/c1ccc(-c2cccc(C(F)(F)F)c2)cn1.CN.CN[C@@H]1CC[C@@H]2[C@@H](C1)C[C@H]1C(=O)O[C@H](C)[C@H]1[C@H]2/C=C/c1ccc(-c2cccc(C(F)(F)F)c2)cn1.CN[C@H]1CC[C@@H]2[C@@H](C1)C[C@H]1C(=O)O[C@H](C)[C@H]1[C@H]2/C=C/c1ccc(-c2cccc(C(F)(F)F)c2)cn1. The number of halogens is 9. The number of benzene rings is 3. The van der Waals surface area contributed by atoms with Gasteiger partial charge in [0.25, 0.3) is 0 Å². The van der Waals surface area contributed by atoms with Crippen molar-refractivity contribution in [1.29, 1.82) is 0 Å². The van der Waals surface area contributed by atoms with Gasteiger partial charge in [-0.2, -0.15) is 39.5 Å². The third-order valence-electron chi connectivity index (χ3n) is 25.7. The molecule has 6 aliphatic carbocycles. The average molecular weight is 1590 g/mol. The summed E-state index contributed by atoms with van der Waals surface area (Å²) in [4.78, 5) is 65.5. The fourth-order valence-electron chi connectivity index (χ4n) is 20.4. The molecule has 3 aliphatic heterocycles. The maximum Gasteiger partial charge on any atom is 0.416 e. The summed E-state index contributed by atoms with van der Waals surface area (Å²) in [6.45, 7) is 8.10. The second kappa shape index (κ2) is 37.5. The smallest absolute Gasteiger partial charge is 0.416 e. The van der Waals surface area contributed by atoms with Crippen LogP contribution >= 0.6 is 0 Å². The summed E-state index contributed by atoms with van der Waals surface area (Å²) < 4.78 is 140. The molecule has 0 radical (unpaired) electrons. The highest BCUT2D eigenvalue weighted by molar-refractivity contribution is 5.77. The molecule has 0 spiro atoms. The monoisotopic (exact) mass is 1590 g/mol. The largest absolute Gasteiger partial charge is 0.462 e. The molecule has 4 N–H and O–H groups in total. The van der Waals surface area contributed by atoms with Crippen LogP contribution in [-0.2, 0) is 51.9 Å². The van der Waals surface area contributed by atoms with E-state index >= 15 is 0 Å². The summed E-state index contributed by atoms with van der Waals surface area (Å²) in [7, 11) is 7.30. The number of hydrogen-bond donors (Lipinski definition) is 3. The molecule has 15 rings (SSSR count). The van der Waals surface area contributed by atoms with Crippen molar-refractivity contribution < 1.29 is 77.6 Å². The van der Waals surface area contributed by atoms with Crippen LogP contribution in [0.2, 0.25) is 0 Å². The standard InChI is InChI=1S/C31H35F3N2O4.2C28H31F3N2O2.CH5N.2CH4/c1-4-39-30(38)36(3)24-11-13-25-21(15-24)16-27-28(18(2)40-29(27)37)26(25)12-10-23-9-8-20(17-35-23)19-6-5-7-22(14-19)31(32,33)34;2*1-16-26-24(23-10-9-22(32-2)13-19(23)14-25(26)27(34)35-16)11-8-21-7-6-18(15-33-21)17-4-3-5-20(12-17)28(29,30)31;1-2;;/h5-10,12,14,17-18,21,24-28H,4,11,13,15-16H2,1-3H3;2*3-8,11-12,15-16,19,22-26,32H,9-10,13-14H2,1-2H3;2H2,1H3;2*1H4/b12-10+;2*11-8+;;;/t18-,21+,24-,25-,26+,27-,28+;16-,19+,22+,23-,24+,25-,26+;16-,19+,22-,23-,24+,25-,26+;;;/m111.../s1. The zero-order valence-corrected chi connectivity index (χ0v) is 64.4. The van der Waals surface area contributed by atoms with Crippen LogP contribution < -0.4 is 16.4 Å². The molecule has 9 aliphatic rings. The lowest BCUT2D eigenvalue weighted by molar-refractivity contribution is -0.145. The molecule has 24 heteroatoms. The zero-order valence-electron chi connectivity index (χ0n) is 64.4. The number of fused-ring (bicyclic) bond motifs is 6. The highest BCUT2D eigenvalue weighted by Gasteiger charge is 2.58. The quantitative estimate of drug-likeness (QED) is 0.0561. The molecule has 1 amide bonds. The van der Waals surface area contributed by atoms with E-state index < -0.39 is 35.2 Å². The van der Waals surface area contributed by atoms with Gasteiger partial charge in [0, 0.05) is 78.2 Å². The van der Waals surface area contributed by atoms with Crippen molar-refractivity contribution in [2.45, 2.75) is 175 Å². The number of ether oxygens (including phenoxy) is 4. The van der Waals surface area contributed by atoms with Gasteiger partial charge in [-0.1, -0.05) is 87.7 Å². The topological polar surface area (TPSA) is 197 Å². The van der Waals surface area contributed by atoms with Crippen LogP contribution in [0.1, 0.15) is 153 Å². The molecule has 6 aromatic rings. The van der Waals surface area contributed by atoms with Crippen LogP contribution in [0.5, 0.6) is 0 Å². The van der Waals surface area contributed by atoms with Gasteiger partial charge in [-0.05, 0) is 269 Å². The van der Waals surface area contributed by atoms with E-state index in [0.29, 0.717) is 87.4 Å². The van der Waals surface area contributed by atoms with E-state index in [4.69, 9.17) is 18.9 Å². The van der Waals surface area contributed by atoms with Crippen molar-refractivity contribution >= 4 is 42.2 Å². The number of aromatic nitrogens is 3.